The van der Waals surface area contributed by atoms with E-state index in [2.05, 4.69) is 6.58 Å². The third-order valence-corrected chi connectivity index (χ3v) is 2.23. The lowest BCUT2D eigenvalue weighted by Gasteiger charge is -2.07. The number of carbonyl (C=O) groups is 1. The molecule has 1 aliphatic rings. The van der Waals surface area contributed by atoms with Gasteiger partial charge in [-0.3, -0.25) is 4.79 Å². The monoisotopic (exact) mass is 186 g/mol. The van der Waals surface area contributed by atoms with Crippen LogP contribution in [0.4, 0.5) is 0 Å². The molecule has 2 heteroatoms. The highest BCUT2D eigenvalue weighted by molar-refractivity contribution is 6.02. The lowest BCUT2D eigenvalue weighted by Crippen LogP contribution is -2.08. The zero-order valence-electron chi connectivity index (χ0n) is 7.64. The van der Waals surface area contributed by atoms with E-state index in [1.807, 2.05) is 30.4 Å². The van der Waals surface area contributed by atoms with Crippen LogP contribution in [0.2, 0.25) is 0 Å². The molecule has 0 saturated carbocycles. The molecule has 1 heterocycles. The number of allylic oxidation sites excluding steroid dienone is 5. The predicted octanol–water partition coefficient (Wildman–Crippen LogP) is 2.60. The summed E-state index contributed by atoms with van der Waals surface area (Å²) in [5.41, 5.74) is 0.903. The van der Waals surface area contributed by atoms with Crippen molar-refractivity contribution in [3.05, 3.63) is 55.0 Å². The van der Waals surface area contributed by atoms with Crippen LogP contribution >= 0.6 is 0 Å². The van der Waals surface area contributed by atoms with Crippen molar-refractivity contribution in [2.75, 3.05) is 0 Å². The van der Waals surface area contributed by atoms with E-state index in [1.54, 1.807) is 6.26 Å². The normalized spacial score (nSPS) is 19.4. The van der Waals surface area contributed by atoms with E-state index in [1.165, 1.54) is 6.08 Å². The van der Waals surface area contributed by atoms with Crippen LogP contribution in [0.1, 0.15) is 5.76 Å². The first-order valence-corrected chi connectivity index (χ1v) is 4.41. The van der Waals surface area contributed by atoms with E-state index in [-0.39, 0.29) is 11.7 Å². The molecule has 1 atom stereocenters. The van der Waals surface area contributed by atoms with Gasteiger partial charge in [-0.05, 0) is 18.2 Å². The number of ketones is 1. The molecule has 0 N–H and O–H groups in total. The van der Waals surface area contributed by atoms with Gasteiger partial charge in [-0.1, -0.05) is 24.8 Å². The Kier molecular flexibility index (Phi) is 2.19. The van der Waals surface area contributed by atoms with Crippen LogP contribution in [0.3, 0.4) is 0 Å². The Hall–Kier alpha value is -1.83. The zero-order chi connectivity index (χ0) is 9.97. The Bertz CT molecular complexity index is 408. The molecule has 1 aliphatic carbocycles. The van der Waals surface area contributed by atoms with E-state index < -0.39 is 0 Å². The minimum Gasteiger partial charge on any atom is -0.465 e. The SMILES string of the molecule is C=CC(=O)C1C=CC=C1c1ccco1. The van der Waals surface area contributed by atoms with Crippen LogP contribution in [-0.2, 0) is 4.79 Å². The Balaban J connectivity index is 2.30. The Labute approximate surface area is 82.2 Å². The van der Waals surface area contributed by atoms with E-state index in [0.29, 0.717) is 0 Å². The quantitative estimate of drug-likeness (QED) is 0.679. The zero-order valence-corrected chi connectivity index (χ0v) is 7.64. The van der Waals surface area contributed by atoms with Gasteiger partial charge in [-0.15, -0.1) is 0 Å². The van der Waals surface area contributed by atoms with Gasteiger partial charge >= 0.3 is 0 Å². The number of furan rings is 1. The number of hydrogen-bond acceptors (Lipinski definition) is 2. The second-order valence-corrected chi connectivity index (χ2v) is 3.07. The van der Waals surface area contributed by atoms with Crippen molar-refractivity contribution in [3.8, 4) is 0 Å². The van der Waals surface area contributed by atoms with Gasteiger partial charge in [0.05, 0.1) is 12.2 Å². The van der Waals surface area contributed by atoms with Crippen LogP contribution in [0.5, 0.6) is 0 Å². The first kappa shape index (κ1) is 8.75. The summed E-state index contributed by atoms with van der Waals surface area (Å²) in [6, 6.07) is 3.66. The predicted molar refractivity (Wildman–Crippen MR) is 54.5 cm³/mol. The van der Waals surface area contributed by atoms with Crippen molar-refractivity contribution in [2.45, 2.75) is 0 Å². The molecule has 0 amide bonds. The summed E-state index contributed by atoms with van der Waals surface area (Å²) in [6.07, 6.45) is 8.55. The lowest BCUT2D eigenvalue weighted by molar-refractivity contribution is -0.115. The highest BCUT2D eigenvalue weighted by Gasteiger charge is 2.23. The second-order valence-electron chi connectivity index (χ2n) is 3.07. The minimum absolute atomic E-state index is 0.00130. The van der Waals surface area contributed by atoms with Crippen molar-refractivity contribution < 1.29 is 9.21 Å². The van der Waals surface area contributed by atoms with Gasteiger partial charge in [-0.2, -0.15) is 0 Å². The van der Waals surface area contributed by atoms with Crippen molar-refractivity contribution >= 4 is 11.4 Å². The molecule has 1 aromatic heterocycles. The summed E-state index contributed by atoms with van der Waals surface area (Å²) in [7, 11) is 0. The summed E-state index contributed by atoms with van der Waals surface area (Å²) < 4.78 is 5.25. The Morgan fingerprint density at radius 3 is 3.07 bits per heavy atom. The highest BCUT2D eigenvalue weighted by Crippen LogP contribution is 2.30. The molecule has 0 fully saturated rings. The van der Waals surface area contributed by atoms with Crippen LogP contribution in [0.25, 0.3) is 5.57 Å². The van der Waals surface area contributed by atoms with Gasteiger partial charge in [-0.25, -0.2) is 0 Å². The van der Waals surface area contributed by atoms with Crippen LogP contribution in [0, 0.1) is 5.92 Å². The van der Waals surface area contributed by atoms with Crippen LogP contribution in [-0.4, -0.2) is 5.78 Å². The Morgan fingerprint density at radius 2 is 2.43 bits per heavy atom. The van der Waals surface area contributed by atoms with Crippen LogP contribution in [0.15, 0.2) is 53.7 Å². The smallest absolute Gasteiger partial charge is 0.166 e. The third kappa shape index (κ3) is 1.35. The first-order chi connectivity index (χ1) is 6.83. The first-order valence-electron chi connectivity index (χ1n) is 4.41. The summed E-state index contributed by atoms with van der Waals surface area (Å²) in [6.45, 7) is 3.48. The standard InChI is InChI=1S/C12H10O2/c1-2-11(13)9-5-3-6-10(9)12-7-4-8-14-12/h2-9H,1H2. The molecular formula is C12H10O2. The fraction of sp³-hybridized carbons (Fsp3) is 0.0833. The van der Waals surface area contributed by atoms with Gasteiger partial charge in [0.2, 0.25) is 0 Å². The molecule has 0 spiro atoms. The molecular weight excluding hydrogens is 176 g/mol. The molecule has 2 rings (SSSR count). The average molecular weight is 186 g/mol. The van der Waals surface area contributed by atoms with E-state index in [9.17, 15) is 4.79 Å². The molecule has 0 bridgehead atoms. The fourth-order valence-electron chi connectivity index (χ4n) is 1.53. The molecule has 1 unspecified atom stereocenters. The third-order valence-electron chi connectivity index (χ3n) is 2.23. The van der Waals surface area contributed by atoms with Gasteiger partial charge in [0.15, 0.2) is 5.78 Å². The van der Waals surface area contributed by atoms with Gasteiger partial charge < -0.3 is 4.42 Å². The van der Waals surface area contributed by atoms with E-state index in [0.717, 1.165) is 11.3 Å². The molecule has 0 aliphatic heterocycles. The number of hydrogen-bond donors (Lipinski definition) is 0. The summed E-state index contributed by atoms with van der Waals surface area (Å²) >= 11 is 0. The van der Waals surface area contributed by atoms with Crippen molar-refractivity contribution in [1.82, 2.24) is 0 Å². The number of carbonyl (C=O) groups excluding carboxylic acids is 1. The summed E-state index contributed by atoms with van der Waals surface area (Å²) in [5, 5.41) is 0. The Morgan fingerprint density at radius 1 is 1.57 bits per heavy atom. The highest BCUT2D eigenvalue weighted by atomic mass is 16.3. The van der Waals surface area contributed by atoms with E-state index >= 15 is 0 Å². The maximum Gasteiger partial charge on any atom is 0.166 e. The molecule has 1 aromatic rings. The molecule has 70 valence electrons. The van der Waals surface area contributed by atoms with E-state index in [4.69, 9.17) is 4.42 Å². The maximum atomic E-state index is 11.5. The molecule has 0 saturated heterocycles. The van der Waals surface area contributed by atoms with Gasteiger partial charge in [0.1, 0.15) is 5.76 Å². The second kappa shape index (κ2) is 3.50. The summed E-state index contributed by atoms with van der Waals surface area (Å²) in [4.78, 5) is 11.5. The lowest BCUT2D eigenvalue weighted by atomic mass is 9.96. The molecule has 0 radical (unpaired) electrons. The van der Waals surface area contributed by atoms with Gasteiger partial charge in [0, 0.05) is 5.57 Å². The average Bonchev–Trinajstić information content (AvgIpc) is 2.85. The fourth-order valence-corrected chi connectivity index (χ4v) is 1.53. The van der Waals surface area contributed by atoms with Gasteiger partial charge in [0.25, 0.3) is 0 Å². The largest absolute Gasteiger partial charge is 0.465 e. The molecule has 0 aromatic carbocycles. The van der Waals surface area contributed by atoms with Crippen molar-refractivity contribution in [1.29, 1.82) is 0 Å². The maximum absolute atomic E-state index is 11.5. The minimum atomic E-state index is -0.223. The van der Waals surface area contributed by atoms with Crippen LogP contribution < -0.4 is 0 Å². The van der Waals surface area contributed by atoms with Crippen molar-refractivity contribution in [3.63, 3.8) is 0 Å². The summed E-state index contributed by atoms with van der Waals surface area (Å²) in [5.74, 6) is 0.523. The topological polar surface area (TPSA) is 30.2 Å². The molecule has 2 nitrogen and oxygen atoms in total. The van der Waals surface area contributed by atoms with Crippen molar-refractivity contribution in [2.24, 2.45) is 5.92 Å². The number of rotatable bonds is 3. The molecule has 14 heavy (non-hydrogen) atoms.